The highest BCUT2D eigenvalue weighted by Crippen LogP contribution is 2.19. The predicted molar refractivity (Wildman–Crippen MR) is 56.6 cm³/mol. The van der Waals surface area contributed by atoms with Crippen molar-refractivity contribution in [2.45, 2.75) is 19.8 Å². The van der Waals surface area contributed by atoms with Crippen molar-refractivity contribution < 1.29 is 14.6 Å². The molecule has 1 heterocycles. The van der Waals surface area contributed by atoms with E-state index in [1.54, 1.807) is 0 Å². The molecule has 82 valence electrons. The second-order valence-electron chi connectivity index (χ2n) is 2.99. The van der Waals surface area contributed by atoms with Crippen molar-refractivity contribution in [1.82, 2.24) is 4.98 Å². The molecule has 0 aliphatic carbocycles. The van der Waals surface area contributed by atoms with Crippen LogP contribution in [0.5, 0.6) is 5.88 Å². The van der Waals surface area contributed by atoms with E-state index in [2.05, 4.69) is 4.98 Å². The van der Waals surface area contributed by atoms with Crippen LogP contribution in [0.3, 0.4) is 0 Å². The zero-order valence-corrected chi connectivity index (χ0v) is 9.12. The van der Waals surface area contributed by atoms with Gasteiger partial charge < -0.3 is 9.84 Å². The maximum absolute atomic E-state index is 10.8. The Balaban J connectivity index is 2.82. The minimum absolute atomic E-state index is 0.0375. The maximum Gasteiger partial charge on any atom is 0.341 e. The van der Waals surface area contributed by atoms with Gasteiger partial charge in [0.05, 0.1) is 6.61 Å². The van der Waals surface area contributed by atoms with Gasteiger partial charge in [-0.1, -0.05) is 24.9 Å². The second kappa shape index (κ2) is 5.56. The van der Waals surface area contributed by atoms with Gasteiger partial charge in [-0.2, -0.15) is 0 Å². The molecule has 0 aliphatic rings. The lowest BCUT2D eigenvalue weighted by atomic mass is 10.3. The number of carboxylic acids is 1. The highest BCUT2D eigenvalue weighted by atomic mass is 35.5. The zero-order valence-electron chi connectivity index (χ0n) is 8.36. The molecule has 0 radical (unpaired) electrons. The van der Waals surface area contributed by atoms with Crippen molar-refractivity contribution in [3.63, 3.8) is 0 Å². The number of carboxylic acid groups (broad SMARTS) is 1. The molecule has 15 heavy (non-hydrogen) atoms. The van der Waals surface area contributed by atoms with Crippen LogP contribution < -0.4 is 4.74 Å². The molecule has 0 saturated carbocycles. The first-order valence-corrected chi connectivity index (χ1v) is 5.05. The monoisotopic (exact) mass is 229 g/mol. The standard InChI is InChI=1S/C10H12ClNO3/c1-2-3-6-15-9-7(10(13)14)4-5-8(11)12-9/h4-5H,2-3,6H2,1H3,(H,13,14). The third-order valence-corrected chi connectivity index (χ3v) is 2.00. The van der Waals surface area contributed by atoms with Crippen LogP contribution in [-0.4, -0.2) is 22.7 Å². The first-order chi connectivity index (χ1) is 7.15. The Hall–Kier alpha value is -1.29. The summed E-state index contributed by atoms with van der Waals surface area (Å²) < 4.78 is 5.24. The van der Waals surface area contributed by atoms with Crippen LogP contribution in [0.2, 0.25) is 5.15 Å². The van der Waals surface area contributed by atoms with Gasteiger partial charge in [0, 0.05) is 0 Å². The fourth-order valence-electron chi connectivity index (χ4n) is 1.00. The topological polar surface area (TPSA) is 59.4 Å². The van der Waals surface area contributed by atoms with Gasteiger partial charge in [-0.05, 0) is 18.6 Å². The van der Waals surface area contributed by atoms with E-state index >= 15 is 0 Å². The van der Waals surface area contributed by atoms with E-state index in [1.165, 1.54) is 12.1 Å². The average Bonchev–Trinajstić information content (AvgIpc) is 2.18. The third-order valence-electron chi connectivity index (χ3n) is 1.79. The van der Waals surface area contributed by atoms with E-state index < -0.39 is 5.97 Å². The van der Waals surface area contributed by atoms with E-state index in [0.29, 0.717) is 6.61 Å². The number of aromatic carboxylic acids is 1. The molecule has 1 rings (SSSR count). The van der Waals surface area contributed by atoms with Gasteiger partial charge in [0.15, 0.2) is 0 Å². The summed E-state index contributed by atoms with van der Waals surface area (Å²) >= 11 is 5.65. The van der Waals surface area contributed by atoms with Crippen molar-refractivity contribution >= 4 is 17.6 Å². The Morgan fingerprint density at radius 3 is 2.93 bits per heavy atom. The van der Waals surface area contributed by atoms with Crippen molar-refractivity contribution in [3.05, 3.63) is 22.8 Å². The Morgan fingerprint density at radius 1 is 1.60 bits per heavy atom. The Bertz CT molecular complexity index is 355. The molecule has 0 fully saturated rings. The van der Waals surface area contributed by atoms with E-state index in [-0.39, 0.29) is 16.6 Å². The molecular formula is C10H12ClNO3. The van der Waals surface area contributed by atoms with Gasteiger partial charge in [0.2, 0.25) is 5.88 Å². The number of halogens is 1. The minimum Gasteiger partial charge on any atom is -0.477 e. The lowest BCUT2D eigenvalue weighted by Crippen LogP contribution is -2.06. The van der Waals surface area contributed by atoms with Gasteiger partial charge in [0.1, 0.15) is 10.7 Å². The third kappa shape index (κ3) is 3.40. The van der Waals surface area contributed by atoms with Crippen LogP contribution in [0, 0.1) is 0 Å². The predicted octanol–water partition coefficient (Wildman–Crippen LogP) is 2.61. The Labute approximate surface area is 92.8 Å². The minimum atomic E-state index is -1.06. The van der Waals surface area contributed by atoms with Gasteiger partial charge in [-0.3, -0.25) is 0 Å². The van der Waals surface area contributed by atoms with Crippen LogP contribution in [-0.2, 0) is 0 Å². The van der Waals surface area contributed by atoms with Crippen LogP contribution in [0.25, 0.3) is 0 Å². The Kier molecular flexibility index (Phi) is 4.37. The van der Waals surface area contributed by atoms with E-state index in [1.807, 2.05) is 6.92 Å². The molecule has 0 aliphatic heterocycles. The molecule has 0 amide bonds. The number of hydrogen-bond acceptors (Lipinski definition) is 3. The SMILES string of the molecule is CCCCOc1nc(Cl)ccc1C(=O)O. The van der Waals surface area contributed by atoms with Gasteiger partial charge in [0.25, 0.3) is 0 Å². The molecule has 1 N–H and O–H groups in total. The van der Waals surface area contributed by atoms with E-state index in [4.69, 9.17) is 21.4 Å². The molecule has 4 nitrogen and oxygen atoms in total. The molecule has 1 aromatic rings. The molecule has 0 unspecified atom stereocenters. The van der Waals surface area contributed by atoms with Crippen LogP contribution >= 0.6 is 11.6 Å². The van der Waals surface area contributed by atoms with Crippen molar-refractivity contribution in [2.24, 2.45) is 0 Å². The summed E-state index contributed by atoms with van der Waals surface area (Å²) in [5, 5.41) is 9.08. The summed E-state index contributed by atoms with van der Waals surface area (Å²) in [5.41, 5.74) is 0.0375. The highest BCUT2D eigenvalue weighted by molar-refractivity contribution is 6.29. The van der Waals surface area contributed by atoms with Gasteiger partial charge in [-0.25, -0.2) is 9.78 Å². The molecule has 1 aromatic heterocycles. The molecular weight excluding hydrogens is 218 g/mol. The number of unbranched alkanes of at least 4 members (excludes halogenated alkanes) is 1. The number of pyridine rings is 1. The summed E-state index contributed by atoms with van der Waals surface area (Å²) in [6.45, 7) is 2.47. The van der Waals surface area contributed by atoms with Gasteiger partial charge in [-0.15, -0.1) is 0 Å². The summed E-state index contributed by atoms with van der Waals surface area (Å²) in [4.78, 5) is 14.6. The maximum atomic E-state index is 10.8. The van der Waals surface area contributed by atoms with Crippen molar-refractivity contribution in [3.8, 4) is 5.88 Å². The molecule has 0 atom stereocenters. The summed E-state index contributed by atoms with van der Waals surface area (Å²) in [6.07, 6.45) is 1.83. The Morgan fingerprint density at radius 2 is 2.33 bits per heavy atom. The van der Waals surface area contributed by atoms with Gasteiger partial charge >= 0.3 is 5.97 Å². The number of carbonyl (C=O) groups is 1. The van der Waals surface area contributed by atoms with Crippen LogP contribution in [0.1, 0.15) is 30.1 Å². The molecule has 0 saturated heterocycles. The zero-order chi connectivity index (χ0) is 11.3. The first kappa shape index (κ1) is 11.8. The summed E-state index contributed by atoms with van der Waals surface area (Å²) in [7, 11) is 0. The fourth-order valence-corrected chi connectivity index (χ4v) is 1.14. The molecule has 0 bridgehead atoms. The quantitative estimate of drug-likeness (QED) is 0.623. The number of rotatable bonds is 5. The fraction of sp³-hybridized carbons (Fsp3) is 0.400. The lowest BCUT2D eigenvalue weighted by Gasteiger charge is -2.07. The van der Waals surface area contributed by atoms with Crippen LogP contribution in [0.4, 0.5) is 0 Å². The second-order valence-corrected chi connectivity index (χ2v) is 3.38. The summed E-state index contributed by atoms with van der Waals surface area (Å²) in [6, 6.07) is 2.82. The highest BCUT2D eigenvalue weighted by Gasteiger charge is 2.12. The smallest absolute Gasteiger partial charge is 0.341 e. The van der Waals surface area contributed by atoms with Crippen molar-refractivity contribution in [2.75, 3.05) is 6.61 Å². The summed E-state index contributed by atoms with van der Waals surface area (Å²) in [5.74, 6) is -0.978. The largest absolute Gasteiger partial charge is 0.477 e. The number of nitrogens with zero attached hydrogens (tertiary/aromatic N) is 1. The first-order valence-electron chi connectivity index (χ1n) is 4.67. The number of ether oxygens (including phenoxy) is 1. The molecule has 0 spiro atoms. The normalized spacial score (nSPS) is 10.0. The van der Waals surface area contributed by atoms with Crippen molar-refractivity contribution in [1.29, 1.82) is 0 Å². The number of hydrogen-bond donors (Lipinski definition) is 1. The molecule has 5 heteroatoms. The molecule has 0 aromatic carbocycles. The van der Waals surface area contributed by atoms with E-state index in [0.717, 1.165) is 12.8 Å². The lowest BCUT2D eigenvalue weighted by molar-refractivity contribution is 0.0691. The van der Waals surface area contributed by atoms with E-state index in [9.17, 15) is 4.79 Å². The number of aromatic nitrogens is 1. The van der Waals surface area contributed by atoms with Crippen LogP contribution in [0.15, 0.2) is 12.1 Å². The average molecular weight is 230 g/mol.